The lowest BCUT2D eigenvalue weighted by atomic mass is 10.2. The summed E-state index contributed by atoms with van der Waals surface area (Å²) in [6, 6.07) is 10.7. The molecule has 0 atom stereocenters. The van der Waals surface area contributed by atoms with Gasteiger partial charge >= 0.3 is 0 Å². The Hall–Kier alpha value is -3.07. The van der Waals surface area contributed by atoms with Crippen LogP contribution in [0, 0.1) is 0 Å². The second-order valence-corrected chi connectivity index (χ2v) is 6.48. The molecule has 0 radical (unpaired) electrons. The predicted molar refractivity (Wildman–Crippen MR) is 108 cm³/mol. The molecule has 3 aromatic rings. The third kappa shape index (κ3) is 4.37. The van der Waals surface area contributed by atoms with Crippen molar-refractivity contribution in [2.45, 2.75) is 0 Å². The number of aromatic nitrogens is 2. The summed E-state index contributed by atoms with van der Waals surface area (Å²) in [5.74, 6) is 1.36. The fourth-order valence-electron chi connectivity index (χ4n) is 2.46. The van der Waals surface area contributed by atoms with E-state index in [1.807, 2.05) is 12.1 Å². The first kappa shape index (κ1) is 18.7. The molecular weight excluding hydrogens is 414 g/mol. The number of hydrogen-bond donors (Lipinski definition) is 3. The Labute approximate surface area is 164 Å². The Kier molecular flexibility index (Phi) is 5.60. The van der Waals surface area contributed by atoms with E-state index in [4.69, 9.17) is 15.2 Å². The molecule has 1 aromatic heterocycles. The molecule has 0 fully saturated rings. The number of nitrogens with one attached hydrogen (secondary N) is 2. The van der Waals surface area contributed by atoms with E-state index in [0.29, 0.717) is 28.1 Å². The van der Waals surface area contributed by atoms with Crippen molar-refractivity contribution in [1.82, 2.24) is 9.97 Å². The second kappa shape index (κ2) is 8.09. The Morgan fingerprint density at radius 3 is 2.44 bits per heavy atom. The van der Waals surface area contributed by atoms with E-state index in [1.54, 1.807) is 38.5 Å². The molecule has 0 bridgehead atoms. The normalized spacial score (nSPS) is 10.5. The van der Waals surface area contributed by atoms with Gasteiger partial charge in [0.05, 0.1) is 26.3 Å². The number of halogens is 1. The molecular formula is C18H18BrN5O3. The van der Waals surface area contributed by atoms with E-state index < -0.39 is 0 Å². The molecule has 0 unspecified atom stereocenters. The van der Waals surface area contributed by atoms with Crippen LogP contribution in [0.5, 0.6) is 11.5 Å². The highest BCUT2D eigenvalue weighted by Gasteiger charge is 2.12. The van der Waals surface area contributed by atoms with Gasteiger partial charge in [-0.2, -0.15) is 4.98 Å². The summed E-state index contributed by atoms with van der Waals surface area (Å²) >= 11 is 3.35. The van der Waals surface area contributed by atoms with Crippen LogP contribution >= 0.6 is 15.9 Å². The first-order valence-corrected chi connectivity index (χ1v) is 8.78. The van der Waals surface area contributed by atoms with Crippen LogP contribution in [0.25, 0.3) is 10.9 Å². The summed E-state index contributed by atoms with van der Waals surface area (Å²) in [6.07, 6.45) is 0. The zero-order valence-electron chi connectivity index (χ0n) is 14.7. The Balaban J connectivity index is 1.74. The van der Waals surface area contributed by atoms with Gasteiger partial charge in [0.15, 0.2) is 11.5 Å². The Bertz CT molecular complexity index is 979. The molecule has 4 N–H and O–H groups in total. The average molecular weight is 432 g/mol. The Morgan fingerprint density at radius 1 is 1.11 bits per heavy atom. The van der Waals surface area contributed by atoms with Crippen LogP contribution in [0.3, 0.4) is 0 Å². The topological polar surface area (TPSA) is 111 Å². The first-order chi connectivity index (χ1) is 13.0. The molecule has 0 aliphatic carbocycles. The minimum Gasteiger partial charge on any atom is -0.493 e. The van der Waals surface area contributed by atoms with Crippen molar-refractivity contribution in [1.29, 1.82) is 0 Å². The monoisotopic (exact) mass is 431 g/mol. The number of nitrogens with two attached hydrogens (primary N) is 1. The number of nitrogen functional groups attached to an aromatic ring is 1. The summed E-state index contributed by atoms with van der Waals surface area (Å²) < 4.78 is 11.5. The third-order valence-corrected chi connectivity index (χ3v) is 4.29. The number of fused-ring (bicyclic) bond motifs is 1. The van der Waals surface area contributed by atoms with Gasteiger partial charge in [-0.3, -0.25) is 4.79 Å². The molecule has 27 heavy (non-hydrogen) atoms. The number of rotatable bonds is 6. The number of nitrogens with zero attached hydrogens (tertiary/aromatic N) is 2. The van der Waals surface area contributed by atoms with Crippen LogP contribution in [0.2, 0.25) is 0 Å². The fourth-order valence-corrected chi connectivity index (χ4v) is 2.72. The Morgan fingerprint density at radius 2 is 1.78 bits per heavy atom. The van der Waals surface area contributed by atoms with Gasteiger partial charge in [0.25, 0.3) is 0 Å². The maximum atomic E-state index is 12.1. The van der Waals surface area contributed by atoms with Gasteiger partial charge in [0, 0.05) is 21.6 Å². The van der Waals surface area contributed by atoms with E-state index in [-0.39, 0.29) is 24.2 Å². The highest BCUT2D eigenvalue weighted by molar-refractivity contribution is 9.10. The average Bonchev–Trinajstić information content (AvgIpc) is 2.67. The molecule has 2 aromatic carbocycles. The number of carbonyl (C=O) groups is 1. The lowest BCUT2D eigenvalue weighted by Gasteiger charge is -2.11. The highest BCUT2D eigenvalue weighted by atomic mass is 79.9. The summed E-state index contributed by atoms with van der Waals surface area (Å²) in [7, 11) is 3.08. The number of ether oxygens (including phenoxy) is 2. The predicted octanol–water partition coefficient (Wildman–Crippen LogP) is 3.04. The summed E-state index contributed by atoms with van der Waals surface area (Å²) in [5.41, 5.74) is 7.30. The van der Waals surface area contributed by atoms with Crippen LogP contribution in [0.15, 0.2) is 40.9 Å². The standard InChI is InChI=1S/C18H18BrN5O3/c1-26-14-7-12-13(8-15(14)27-2)23-18(24-17(12)20)21-9-16(25)22-11-5-3-10(19)4-6-11/h3-8H,9H2,1-2H3,(H,22,25)(H3,20,21,23,24). The van der Waals surface area contributed by atoms with Crippen molar-refractivity contribution >= 4 is 50.2 Å². The van der Waals surface area contributed by atoms with Crippen LogP contribution in [0.4, 0.5) is 17.5 Å². The summed E-state index contributed by atoms with van der Waals surface area (Å²) in [5, 5.41) is 6.29. The summed E-state index contributed by atoms with van der Waals surface area (Å²) in [6.45, 7) is -0.00565. The summed E-state index contributed by atoms with van der Waals surface area (Å²) in [4.78, 5) is 20.7. The third-order valence-electron chi connectivity index (χ3n) is 3.77. The molecule has 1 amide bonds. The number of amides is 1. The molecule has 0 saturated heterocycles. The van der Waals surface area contributed by atoms with E-state index in [9.17, 15) is 4.79 Å². The van der Waals surface area contributed by atoms with Gasteiger partial charge in [-0.05, 0) is 30.3 Å². The van der Waals surface area contributed by atoms with Crippen molar-refractivity contribution in [2.75, 3.05) is 37.1 Å². The van der Waals surface area contributed by atoms with Crippen LogP contribution in [-0.2, 0) is 4.79 Å². The van der Waals surface area contributed by atoms with Crippen molar-refractivity contribution in [3.05, 3.63) is 40.9 Å². The number of hydrogen-bond acceptors (Lipinski definition) is 7. The second-order valence-electron chi connectivity index (χ2n) is 5.57. The lowest BCUT2D eigenvalue weighted by molar-refractivity contribution is -0.114. The quantitative estimate of drug-likeness (QED) is 0.549. The van der Waals surface area contributed by atoms with Crippen molar-refractivity contribution in [2.24, 2.45) is 0 Å². The van der Waals surface area contributed by atoms with Gasteiger partial charge in [-0.15, -0.1) is 0 Å². The maximum absolute atomic E-state index is 12.1. The van der Waals surface area contributed by atoms with Gasteiger partial charge in [0.2, 0.25) is 11.9 Å². The van der Waals surface area contributed by atoms with E-state index in [1.165, 1.54) is 0 Å². The highest BCUT2D eigenvalue weighted by Crippen LogP contribution is 2.33. The minimum atomic E-state index is -0.230. The minimum absolute atomic E-state index is 0.00565. The number of anilines is 3. The van der Waals surface area contributed by atoms with E-state index in [2.05, 4.69) is 36.5 Å². The molecule has 1 heterocycles. The van der Waals surface area contributed by atoms with E-state index in [0.717, 1.165) is 4.47 Å². The van der Waals surface area contributed by atoms with Crippen molar-refractivity contribution in [3.8, 4) is 11.5 Å². The van der Waals surface area contributed by atoms with Crippen molar-refractivity contribution in [3.63, 3.8) is 0 Å². The molecule has 0 spiro atoms. The van der Waals surface area contributed by atoms with Gasteiger partial charge in [-0.25, -0.2) is 4.98 Å². The zero-order valence-corrected chi connectivity index (χ0v) is 16.3. The smallest absolute Gasteiger partial charge is 0.243 e. The SMILES string of the molecule is COc1cc2nc(NCC(=O)Nc3ccc(Br)cc3)nc(N)c2cc1OC. The number of benzene rings is 2. The maximum Gasteiger partial charge on any atom is 0.243 e. The molecule has 8 nitrogen and oxygen atoms in total. The molecule has 0 aliphatic rings. The molecule has 9 heteroatoms. The molecule has 3 rings (SSSR count). The van der Waals surface area contributed by atoms with Gasteiger partial charge in [-0.1, -0.05) is 15.9 Å². The molecule has 140 valence electrons. The first-order valence-electron chi connectivity index (χ1n) is 7.98. The fraction of sp³-hybridized carbons (Fsp3) is 0.167. The van der Waals surface area contributed by atoms with Gasteiger partial charge < -0.3 is 25.8 Å². The molecule has 0 aliphatic heterocycles. The number of methoxy groups -OCH3 is 2. The zero-order chi connectivity index (χ0) is 19.4. The molecule has 0 saturated carbocycles. The van der Waals surface area contributed by atoms with Crippen LogP contribution in [0.1, 0.15) is 0 Å². The van der Waals surface area contributed by atoms with Crippen LogP contribution < -0.4 is 25.8 Å². The largest absolute Gasteiger partial charge is 0.493 e. The lowest BCUT2D eigenvalue weighted by Crippen LogP contribution is -2.22. The number of carbonyl (C=O) groups excluding carboxylic acids is 1. The van der Waals surface area contributed by atoms with Crippen LogP contribution in [-0.4, -0.2) is 36.6 Å². The van der Waals surface area contributed by atoms with Gasteiger partial charge in [0.1, 0.15) is 5.82 Å². The van der Waals surface area contributed by atoms with Crippen molar-refractivity contribution < 1.29 is 14.3 Å². The van der Waals surface area contributed by atoms with E-state index >= 15 is 0 Å².